The first-order chi connectivity index (χ1) is 9.60. The van der Waals surface area contributed by atoms with Gasteiger partial charge in [-0.05, 0) is 31.5 Å². The average molecular weight is 271 g/mol. The summed E-state index contributed by atoms with van der Waals surface area (Å²) in [6.45, 7) is 4.96. The molecule has 1 aromatic heterocycles. The van der Waals surface area contributed by atoms with Gasteiger partial charge < -0.3 is 15.5 Å². The Balaban J connectivity index is 2.21. The summed E-state index contributed by atoms with van der Waals surface area (Å²) >= 11 is 0. The summed E-state index contributed by atoms with van der Waals surface area (Å²) in [5.41, 5.74) is 3.43. The molecule has 0 amide bonds. The highest BCUT2D eigenvalue weighted by Gasteiger charge is 2.04. The van der Waals surface area contributed by atoms with Crippen molar-refractivity contribution in [3.8, 4) is 0 Å². The van der Waals surface area contributed by atoms with Crippen molar-refractivity contribution in [1.29, 1.82) is 0 Å². The zero-order valence-electron chi connectivity index (χ0n) is 12.4. The van der Waals surface area contributed by atoms with Crippen LogP contribution in [0, 0.1) is 6.92 Å². The number of hydrogen-bond acceptors (Lipinski definition) is 5. The van der Waals surface area contributed by atoms with Crippen LogP contribution < -0.4 is 15.5 Å². The molecule has 0 atom stereocenters. The summed E-state index contributed by atoms with van der Waals surface area (Å²) in [6, 6.07) is 6.25. The fourth-order valence-corrected chi connectivity index (χ4v) is 2.01. The number of hydrogen-bond donors (Lipinski definition) is 2. The molecule has 20 heavy (non-hydrogen) atoms. The first-order valence-electron chi connectivity index (χ1n) is 6.71. The van der Waals surface area contributed by atoms with Gasteiger partial charge in [0.1, 0.15) is 5.82 Å². The van der Waals surface area contributed by atoms with Crippen LogP contribution in [-0.2, 0) is 0 Å². The number of aromatic nitrogens is 2. The van der Waals surface area contributed by atoms with E-state index in [0.29, 0.717) is 0 Å². The number of benzene rings is 1. The largest absolute Gasteiger partial charge is 0.377 e. The lowest BCUT2D eigenvalue weighted by Crippen LogP contribution is -2.10. The van der Waals surface area contributed by atoms with Gasteiger partial charge in [-0.15, -0.1) is 0 Å². The molecule has 2 aromatic rings. The van der Waals surface area contributed by atoms with E-state index in [0.717, 1.165) is 23.9 Å². The molecular weight excluding hydrogens is 250 g/mol. The first kappa shape index (κ1) is 14.1. The predicted octanol–water partition coefficient (Wildman–Crippen LogP) is 3.03. The summed E-state index contributed by atoms with van der Waals surface area (Å²) in [6.07, 6.45) is 3.44. The Labute approximate surface area is 120 Å². The molecule has 0 bridgehead atoms. The third-order valence-electron chi connectivity index (χ3n) is 2.96. The summed E-state index contributed by atoms with van der Waals surface area (Å²) in [5.74, 6) is 1.51. The summed E-state index contributed by atoms with van der Waals surface area (Å²) in [7, 11) is 4.08. The first-order valence-corrected chi connectivity index (χ1v) is 6.71. The molecule has 0 aliphatic carbocycles. The van der Waals surface area contributed by atoms with E-state index in [9.17, 15) is 0 Å². The van der Waals surface area contributed by atoms with Gasteiger partial charge in [-0.1, -0.05) is 6.07 Å². The maximum atomic E-state index is 4.46. The molecule has 0 aliphatic heterocycles. The highest BCUT2D eigenvalue weighted by Crippen LogP contribution is 2.24. The maximum Gasteiger partial charge on any atom is 0.151 e. The Hall–Kier alpha value is -2.30. The van der Waals surface area contributed by atoms with Crippen molar-refractivity contribution in [1.82, 2.24) is 9.97 Å². The number of nitrogens with zero attached hydrogens (tertiary/aromatic N) is 3. The lowest BCUT2D eigenvalue weighted by Gasteiger charge is -2.17. The molecule has 5 heteroatoms. The van der Waals surface area contributed by atoms with Gasteiger partial charge in [-0.25, -0.2) is 4.98 Å². The van der Waals surface area contributed by atoms with E-state index in [-0.39, 0.29) is 0 Å². The Morgan fingerprint density at radius 1 is 1.15 bits per heavy atom. The van der Waals surface area contributed by atoms with Gasteiger partial charge in [0.25, 0.3) is 0 Å². The van der Waals surface area contributed by atoms with Crippen LogP contribution in [0.1, 0.15) is 12.5 Å². The fourth-order valence-electron chi connectivity index (χ4n) is 2.01. The van der Waals surface area contributed by atoms with Gasteiger partial charge >= 0.3 is 0 Å². The molecular formula is C15H21N5. The van der Waals surface area contributed by atoms with E-state index in [1.54, 1.807) is 12.4 Å². The molecule has 0 fully saturated rings. The smallest absolute Gasteiger partial charge is 0.151 e. The highest BCUT2D eigenvalue weighted by atomic mass is 15.1. The van der Waals surface area contributed by atoms with E-state index >= 15 is 0 Å². The van der Waals surface area contributed by atoms with Crippen LogP contribution in [0.5, 0.6) is 0 Å². The molecule has 2 rings (SSSR count). The topological polar surface area (TPSA) is 53.1 Å². The molecule has 0 spiro atoms. The van der Waals surface area contributed by atoms with Gasteiger partial charge in [0.15, 0.2) is 5.82 Å². The minimum absolute atomic E-state index is 0.733. The maximum absolute atomic E-state index is 4.46. The third kappa shape index (κ3) is 3.38. The van der Waals surface area contributed by atoms with Gasteiger partial charge in [0, 0.05) is 32.0 Å². The normalized spacial score (nSPS) is 10.2. The average Bonchev–Trinajstić information content (AvgIpc) is 2.41. The second-order valence-electron chi connectivity index (χ2n) is 4.84. The molecule has 2 N–H and O–H groups in total. The Kier molecular flexibility index (Phi) is 4.40. The molecule has 0 unspecified atom stereocenters. The standard InChI is InChI=1S/C15H21N5/c1-5-17-14-9-16-10-15(19-14)18-12-7-6-11(2)13(8-12)20(3)4/h6-10H,5H2,1-4H3,(H2,17,18,19). The molecule has 0 radical (unpaired) electrons. The van der Waals surface area contributed by atoms with Crippen LogP contribution in [0.3, 0.4) is 0 Å². The van der Waals surface area contributed by atoms with Gasteiger partial charge in [0.05, 0.1) is 12.4 Å². The van der Waals surface area contributed by atoms with Crippen molar-refractivity contribution in [3.63, 3.8) is 0 Å². The Morgan fingerprint density at radius 3 is 2.60 bits per heavy atom. The number of rotatable bonds is 5. The number of nitrogens with one attached hydrogen (secondary N) is 2. The number of aryl methyl sites for hydroxylation is 1. The molecule has 0 saturated heterocycles. The third-order valence-corrected chi connectivity index (χ3v) is 2.96. The van der Waals surface area contributed by atoms with Gasteiger partial charge in [0.2, 0.25) is 0 Å². The van der Waals surface area contributed by atoms with Gasteiger partial charge in [-0.3, -0.25) is 4.98 Å². The van der Waals surface area contributed by atoms with E-state index in [4.69, 9.17) is 0 Å². The Morgan fingerprint density at radius 2 is 1.90 bits per heavy atom. The lowest BCUT2D eigenvalue weighted by molar-refractivity contribution is 1.11. The van der Waals surface area contributed by atoms with Crippen LogP contribution in [0.25, 0.3) is 0 Å². The van der Waals surface area contributed by atoms with Crippen LogP contribution in [-0.4, -0.2) is 30.6 Å². The van der Waals surface area contributed by atoms with E-state index in [1.165, 1.54) is 11.3 Å². The second kappa shape index (κ2) is 6.23. The van der Waals surface area contributed by atoms with Crippen molar-refractivity contribution >= 4 is 23.0 Å². The van der Waals surface area contributed by atoms with E-state index in [2.05, 4.69) is 44.6 Å². The summed E-state index contributed by atoms with van der Waals surface area (Å²) in [5, 5.41) is 6.44. The van der Waals surface area contributed by atoms with E-state index in [1.807, 2.05) is 27.1 Å². The van der Waals surface area contributed by atoms with Crippen LogP contribution >= 0.6 is 0 Å². The monoisotopic (exact) mass is 271 g/mol. The predicted molar refractivity (Wildman–Crippen MR) is 85.0 cm³/mol. The second-order valence-corrected chi connectivity index (χ2v) is 4.84. The van der Waals surface area contributed by atoms with E-state index < -0.39 is 0 Å². The Bertz CT molecular complexity index is 580. The number of anilines is 4. The molecule has 0 aliphatic rings. The molecule has 0 saturated carbocycles. The molecule has 1 heterocycles. The highest BCUT2D eigenvalue weighted by molar-refractivity contribution is 5.66. The summed E-state index contributed by atoms with van der Waals surface area (Å²) in [4.78, 5) is 10.7. The lowest BCUT2D eigenvalue weighted by atomic mass is 10.1. The van der Waals surface area contributed by atoms with Crippen molar-refractivity contribution in [2.24, 2.45) is 0 Å². The quantitative estimate of drug-likeness (QED) is 0.875. The van der Waals surface area contributed by atoms with Gasteiger partial charge in [-0.2, -0.15) is 0 Å². The molecule has 1 aromatic carbocycles. The fraction of sp³-hybridized carbons (Fsp3) is 0.333. The van der Waals surface area contributed by atoms with Crippen molar-refractivity contribution < 1.29 is 0 Å². The van der Waals surface area contributed by atoms with Crippen molar-refractivity contribution in [2.45, 2.75) is 13.8 Å². The molecule has 5 nitrogen and oxygen atoms in total. The minimum Gasteiger partial charge on any atom is -0.377 e. The zero-order valence-corrected chi connectivity index (χ0v) is 12.4. The minimum atomic E-state index is 0.733. The van der Waals surface area contributed by atoms with Crippen molar-refractivity contribution in [2.75, 3.05) is 36.2 Å². The van der Waals surface area contributed by atoms with Crippen molar-refractivity contribution in [3.05, 3.63) is 36.2 Å². The van der Waals surface area contributed by atoms with Crippen LogP contribution in [0.15, 0.2) is 30.6 Å². The zero-order chi connectivity index (χ0) is 14.5. The molecule has 106 valence electrons. The van der Waals surface area contributed by atoms with Crippen LogP contribution in [0.2, 0.25) is 0 Å². The summed E-state index contributed by atoms with van der Waals surface area (Å²) < 4.78 is 0. The van der Waals surface area contributed by atoms with Crippen LogP contribution in [0.4, 0.5) is 23.0 Å². The SMILES string of the molecule is CCNc1cncc(Nc2ccc(C)c(N(C)C)c2)n1.